The standard InChI is InChI=1S/C25H26ClNO2/c1-27-17-18-29-23-13-9-21(10-14-23)25(20-7-11-22(28)12-8-20)24(15-16-26)19-5-3-2-4-6-19/h2-15,25,27-28H,16-18H2,1H3. The van der Waals surface area contributed by atoms with Crippen LogP contribution in [0.4, 0.5) is 0 Å². The Bertz CT molecular complexity index is 906. The van der Waals surface area contributed by atoms with E-state index >= 15 is 0 Å². The second-order valence-corrected chi connectivity index (χ2v) is 7.03. The van der Waals surface area contributed by atoms with Crippen LogP contribution >= 0.6 is 11.6 Å². The molecule has 0 saturated heterocycles. The lowest BCUT2D eigenvalue weighted by Crippen LogP contribution is -2.15. The minimum absolute atomic E-state index is 0.0110. The molecule has 0 heterocycles. The van der Waals surface area contributed by atoms with E-state index in [2.05, 4.69) is 35.7 Å². The minimum atomic E-state index is -0.0110. The predicted molar refractivity (Wildman–Crippen MR) is 121 cm³/mol. The van der Waals surface area contributed by atoms with Crippen molar-refractivity contribution in [2.24, 2.45) is 0 Å². The third-order valence-corrected chi connectivity index (χ3v) is 4.93. The van der Waals surface area contributed by atoms with Gasteiger partial charge in [0.05, 0.1) is 0 Å². The lowest BCUT2D eigenvalue weighted by Gasteiger charge is -2.23. The molecule has 0 fully saturated rings. The van der Waals surface area contributed by atoms with Gasteiger partial charge in [-0.05, 0) is 53.6 Å². The van der Waals surface area contributed by atoms with Gasteiger partial charge in [0.25, 0.3) is 0 Å². The molecule has 0 saturated carbocycles. The topological polar surface area (TPSA) is 41.5 Å². The number of phenols is 1. The van der Waals surface area contributed by atoms with Crippen LogP contribution in [-0.2, 0) is 0 Å². The lowest BCUT2D eigenvalue weighted by molar-refractivity contribution is 0.318. The van der Waals surface area contributed by atoms with Crippen LogP contribution in [0.2, 0.25) is 0 Å². The van der Waals surface area contributed by atoms with Gasteiger partial charge in [-0.1, -0.05) is 60.7 Å². The Labute approximate surface area is 177 Å². The monoisotopic (exact) mass is 407 g/mol. The number of likely N-dealkylation sites (N-methyl/N-ethyl adjacent to an activating group) is 1. The van der Waals surface area contributed by atoms with Crippen molar-refractivity contribution in [3.8, 4) is 11.5 Å². The molecule has 0 spiro atoms. The average Bonchev–Trinajstić information content (AvgIpc) is 2.76. The highest BCUT2D eigenvalue weighted by Gasteiger charge is 2.20. The van der Waals surface area contributed by atoms with Crippen LogP contribution < -0.4 is 10.1 Å². The fourth-order valence-corrected chi connectivity index (χ4v) is 3.53. The number of benzene rings is 3. The Hall–Kier alpha value is -2.75. The molecule has 3 aromatic rings. The molecular formula is C25H26ClNO2. The zero-order valence-corrected chi connectivity index (χ0v) is 17.3. The van der Waals surface area contributed by atoms with Crippen molar-refractivity contribution in [3.05, 3.63) is 102 Å². The number of nitrogens with one attached hydrogen (secondary N) is 1. The van der Waals surface area contributed by atoms with Crippen molar-refractivity contribution in [2.45, 2.75) is 5.92 Å². The lowest BCUT2D eigenvalue weighted by atomic mass is 9.81. The summed E-state index contributed by atoms with van der Waals surface area (Å²) in [6.07, 6.45) is 2.06. The van der Waals surface area contributed by atoms with E-state index in [1.54, 1.807) is 12.1 Å². The SMILES string of the molecule is CNCCOc1ccc(C(C(=CCCl)c2ccccc2)c2ccc(O)cc2)cc1. The predicted octanol–water partition coefficient (Wildman–Crippen LogP) is 5.44. The largest absolute Gasteiger partial charge is 0.508 e. The number of phenolic OH excluding ortho intramolecular Hbond substituents is 1. The molecule has 3 aromatic carbocycles. The van der Waals surface area contributed by atoms with Gasteiger partial charge < -0.3 is 15.2 Å². The van der Waals surface area contributed by atoms with E-state index in [0.717, 1.165) is 34.6 Å². The van der Waals surface area contributed by atoms with Gasteiger partial charge in [-0.15, -0.1) is 11.6 Å². The number of allylic oxidation sites excluding steroid dienone is 2. The Balaban J connectivity index is 2.01. The molecule has 0 aliphatic heterocycles. The maximum Gasteiger partial charge on any atom is 0.119 e. The summed E-state index contributed by atoms with van der Waals surface area (Å²) in [5, 5.41) is 12.8. The van der Waals surface area contributed by atoms with Crippen molar-refractivity contribution in [1.82, 2.24) is 5.32 Å². The smallest absolute Gasteiger partial charge is 0.119 e. The second kappa shape index (κ2) is 10.7. The highest BCUT2D eigenvalue weighted by molar-refractivity contribution is 6.19. The highest BCUT2D eigenvalue weighted by atomic mass is 35.5. The van der Waals surface area contributed by atoms with Crippen molar-refractivity contribution in [1.29, 1.82) is 0 Å². The number of alkyl halides is 1. The van der Waals surface area contributed by atoms with E-state index in [1.165, 1.54) is 0 Å². The fraction of sp³-hybridized carbons (Fsp3) is 0.200. The van der Waals surface area contributed by atoms with Gasteiger partial charge in [-0.2, -0.15) is 0 Å². The second-order valence-electron chi connectivity index (χ2n) is 6.73. The Morgan fingerprint density at radius 2 is 1.59 bits per heavy atom. The van der Waals surface area contributed by atoms with Crippen molar-refractivity contribution >= 4 is 17.2 Å². The molecule has 0 amide bonds. The van der Waals surface area contributed by atoms with Crippen LogP contribution in [-0.4, -0.2) is 31.2 Å². The third-order valence-electron chi connectivity index (χ3n) is 4.78. The van der Waals surface area contributed by atoms with Gasteiger partial charge in [-0.3, -0.25) is 0 Å². The molecule has 0 aliphatic rings. The quantitative estimate of drug-likeness (QED) is 0.366. The number of aromatic hydroxyl groups is 1. The zero-order chi connectivity index (χ0) is 20.5. The van der Waals surface area contributed by atoms with Crippen LogP contribution in [0.25, 0.3) is 5.57 Å². The van der Waals surface area contributed by atoms with Gasteiger partial charge in [0.15, 0.2) is 0 Å². The summed E-state index contributed by atoms with van der Waals surface area (Å²) >= 11 is 6.14. The zero-order valence-electron chi connectivity index (χ0n) is 16.5. The summed E-state index contributed by atoms with van der Waals surface area (Å²) < 4.78 is 5.76. The van der Waals surface area contributed by atoms with Gasteiger partial charge >= 0.3 is 0 Å². The first-order valence-electron chi connectivity index (χ1n) is 9.70. The molecule has 4 heteroatoms. The van der Waals surface area contributed by atoms with Crippen LogP contribution in [0, 0.1) is 0 Å². The van der Waals surface area contributed by atoms with Gasteiger partial charge in [-0.25, -0.2) is 0 Å². The molecule has 0 radical (unpaired) electrons. The van der Waals surface area contributed by atoms with Gasteiger partial charge in [0.2, 0.25) is 0 Å². The molecule has 2 N–H and O–H groups in total. The first kappa shape index (κ1) is 21.0. The fourth-order valence-electron chi connectivity index (χ4n) is 3.36. The highest BCUT2D eigenvalue weighted by Crippen LogP contribution is 2.39. The maximum absolute atomic E-state index is 9.75. The molecule has 29 heavy (non-hydrogen) atoms. The number of ether oxygens (including phenoxy) is 1. The summed E-state index contributed by atoms with van der Waals surface area (Å²) in [6.45, 7) is 1.42. The van der Waals surface area contributed by atoms with E-state index in [1.807, 2.05) is 49.5 Å². The van der Waals surface area contributed by atoms with E-state index in [-0.39, 0.29) is 11.7 Å². The van der Waals surface area contributed by atoms with E-state index in [4.69, 9.17) is 16.3 Å². The summed E-state index contributed by atoms with van der Waals surface area (Å²) in [4.78, 5) is 0. The summed E-state index contributed by atoms with van der Waals surface area (Å²) in [5.41, 5.74) is 4.49. The van der Waals surface area contributed by atoms with Gasteiger partial charge in [0, 0.05) is 18.3 Å². The normalized spacial score (nSPS) is 12.6. The van der Waals surface area contributed by atoms with Crippen molar-refractivity contribution in [3.63, 3.8) is 0 Å². The number of hydrogen-bond acceptors (Lipinski definition) is 3. The Kier molecular flexibility index (Phi) is 7.74. The Morgan fingerprint density at radius 3 is 2.17 bits per heavy atom. The van der Waals surface area contributed by atoms with Crippen molar-refractivity contribution in [2.75, 3.05) is 26.1 Å². The molecule has 150 valence electrons. The summed E-state index contributed by atoms with van der Waals surface area (Å²) in [5.74, 6) is 1.51. The molecule has 1 unspecified atom stereocenters. The molecule has 1 atom stereocenters. The van der Waals surface area contributed by atoms with Crippen LogP contribution in [0.3, 0.4) is 0 Å². The molecule has 0 aliphatic carbocycles. The summed E-state index contributed by atoms with van der Waals surface area (Å²) in [6, 6.07) is 25.8. The number of halogens is 1. The third kappa shape index (κ3) is 5.63. The van der Waals surface area contributed by atoms with Crippen LogP contribution in [0.15, 0.2) is 84.9 Å². The first-order valence-corrected chi connectivity index (χ1v) is 10.2. The van der Waals surface area contributed by atoms with E-state index in [9.17, 15) is 5.11 Å². The van der Waals surface area contributed by atoms with E-state index < -0.39 is 0 Å². The van der Waals surface area contributed by atoms with Crippen LogP contribution in [0.5, 0.6) is 11.5 Å². The average molecular weight is 408 g/mol. The van der Waals surface area contributed by atoms with Crippen LogP contribution in [0.1, 0.15) is 22.6 Å². The van der Waals surface area contributed by atoms with Gasteiger partial charge in [0.1, 0.15) is 18.1 Å². The molecular weight excluding hydrogens is 382 g/mol. The summed E-state index contributed by atoms with van der Waals surface area (Å²) in [7, 11) is 1.91. The first-order chi connectivity index (χ1) is 14.2. The van der Waals surface area contributed by atoms with Crippen molar-refractivity contribution < 1.29 is 9.84 Å². The Morgan fingerprint density at radius 1 is 0.966 bits per heavy atom. The molecule has 3 rings (SSSR count). The molecule has 0 bridgehead atoms. The maximum atomic E-state index is 9.75. The molecule has 3 nitrogen and oxygen atoms in total. The number of rotatable bonds is 9. The number of hydrogen-bond donors (Lipinski definition) is 2. The minimum Gasteiger partial charge on any atom is -0.508 e. The van der Waals surface area contributed by atoms with E-state index in [0.29, 0.717) is 12.5 Å². The molecule has 0 aromatic heterocycles.